The van der Waals surface area contributed by atoms with Gasteiger partial charge in [0.2, 0.25) is 5.91 Å². The minimum Gasteiger partial charge on any atom is -0.368 e. The lowest BCUT2D eigenvalue weighted by molar-refractivity contribution is -0.125. The summed E-state index contributed by atoms with van der Waals surface area (Å²) in [5, 5.41) is 4.98. The van der Waals surface area contributed by atoms with E-state index < -0.39 is 29.1 Å². The molecular formula is C16H21F2N3O2. The second kappa shape index (κ2) is 6.93. The molecule has 0 radical (unpaired) electrons. The van der Waals surface area contributed by atoms with Crippen molar-refractivity contribution in [3.63, 3.8) is 0 Å². The second-order valence-corrected chi connectivity index (χ2v) is 5.97. The van der Waals surface area contributed by atoms with Crippen LogP contribution in [-0.2, 0) is 11.3 Å². The van der Waals surface area contributed by atoms with Crippen LogP contribution in [0.3, 0.4) is 0 Å². The van der Waals surface area contributed by atoms with Gasteiger partial charge in [-0.1, -0.05) is 25.3 Å². The van der Waals surface area contributed by atoms with Gasteiger partial charge in [0.15, 0.2) is 0 Å². The van der Waals surface area contributed by atoms with Crippen molar-refractivity contribution in [2.24, 2.45) is 5.73 Å². The van der Waals surface area contributed by atoms with E-state index in [1.807, 2.05) is 0 Å². The first-order valence-electron chi connectivity index (χ1n) is 7.65. The molecule has 1 aromatic rings. The molecular weight excluding hydrogens is 304 g/mol. The van der Waals surface area contributed by atoms with Gasteiger partial charge in [-0.3, -0.25) is 4.79 Å². The quantitative estimate of drug-likeness (QED) is 0.793. The topological polar surface area (TPSA) is 84.2 Å². The van der Waals surface area contributed by atoms with Crippen molar-refractivity contribution in [2.45, 2.75) is 51.1 Å². The van der Waals surface area contributed by atoms with Crippen LogP contribution >= 0.6 is 0 Å². The van der Waals surface area contributed by atoms with E-state index in [9.17, 15) is 18.4 Å². The van der Waals surface area contributed by atoms with Crippen LogP contribution < -0.4 is 16.4 Å². The molecule has 1 aliphatic rings. The van der Waals surface area contributed by atoms with Gasteiger partial charge in [0.1, 0.15) is 17.2 Å². The molecule has 23 heavy (non-hydrogen) atoms. The van der Waals surface area contributed by atoms with Gasteiger partial charge < -0.3 is 16.4 Å². The molecule has 0 aliphatic heterocycles. The molecule has 1 aliphatic carbocycles. The average molecular weight is 325 g/mol. The van der Waals surface area contributed by atoms with E-state index in [0.717, 1.165) is 25.3 Å². The Morgan fingerprint density at radius 2 is 1.87 bits per heavy atom. The maximum Gasteiger partial charge on any atom is 0.315 e. The Kier molecular flexibility index (Phi) is 5.18. The monoisotopic (exact) mass is 325 g/mol. The van der Waals surface area contributed by atoms with E-state index in [2.05, 4.69) is 10.6 Å². The Hall–Kier alpha value is -2.18. The van der Waals surface area contributed by atoms with Gasteiger partial charge in [-0.05, 0) is 31.4 Å². The van der Waals surface area contributed by atoms with E-state index in [4.69, 9.17) is 5.73 Å². The van der Waals surface area contributed by atoms with Crippen molar-refractivity contribution in [1.29, 1.82) is 0 Å². The summed E-state index contributed by atoms with van der Waals surface area (Å²) >= 11 is 0. The zero-order chi connectivity index (χ0) is 17.0. The summed E-state index contributed by atoms with van der Waals surface area (Å²) in [5.74, 6) is -2.00. The molecule has 0 atom stereocenters. The molecule has 0 spiro atoms. The van der Waals surface area contributed by atoms with Crippen LogP contribution in [0.4, 0.5) is 13.6 Å². The maximum atomic E-state index is 13.9. The Morgan fingerprint density at radius 3 is 2.48 bits per heavy atom. The summed E-state index contributed by atoms with van der Waals surface area (Å²) in [5.41, 5.74) is 4.43. The first-order valence-corrected chi connectivity index (χ1v) is 7.65. The van der Waals surface area contributed by atoms with E-state index >= 15 is 0 Å². The largest absolute Gasteiger partial charge is 0.368 e. The molecule has 0 unspecified atom stereocenters. The maximum absolute atomic E-state index is 13.9. The highest BCUT2D eigenvalue weighted by Gasteiger charge is 2.39. The Morgan fingerprint density at radius 1 is 1.22 bits per heavy atom. The number of nitrogens with one attached hydrogen (secondary N) is 2. The fourth-order valence-corrected chi connectivity index (χ4v) is 2.90. The van der Waals surface area contributed by atoms with E-state index in [1.54, 1.807) is 0 Å². The SMILES string of the molecule is Cc1ccc(F)c(CNC(=O)NC2(C(N)=O)CCCCC2)c1F. The Bertz CT molecular complexity index is 614. The number of carbonyl (C=O) groups is 2. The van der Waals surface area contributed by atoms with Gasteiger partial charge in [-0.15, -0.1) is 0 Å². The van der Waals surface area contributed by atoms with Gasteiger partial charge in [0.25, 0.3) is 0 Å². The predicted molar refractivity (Wildman–Crippen MR) is 81.5 cm³/mol. The normalized spacial score (nSPS) is 16.7. The molecule has 0 bridgehead atoms. The summed E-state index contributed by atoms with van der Waals surface area (Å²) in [6.07, 6.45) is 3.53. The Balaban J connectivity index is 2.02. The van der Waals surface area contributed by atoms with Crippen LogP contribution in [0, 0.1) is 18.6 Å². The predicted octanol–water partition coefficient (Wildman–Crippen LogP) is 2.26. The molecule has 3 amide bonds. The van der Waals surface area contributed by atoms with Crippen LogP contribution in [0.15, 0.2) is 12.1 Å². The van der Waals surface area contributed by atoms with Crippen molar-refractivity contribution in [1.82, 2.24) is 10.6 Å². The number of rotatable bonds is 4. The smallest absolute Gasteiger partial charge is 0.315 e. The number of carbonyl (C=O) groups excluding carboxylic acids is 2. The highest BCUT2D eigenvalue weighted by atomic mass is 19.1. The summed E-state index contributed by atoms with van der Waals surface area (Å²) in [4.78, 5) is 23.7. The molecule has 4 N–H and O–H groups in total. The van der Waals surface area contributed by atoms with Crippen molar-refractivity contribution < 1.29 is 18.4 Å². The fourth-order valence-electron chi connectivity index (χ4n) is 2.90. The van der Waals surface area contributed by atoms with Gasteiger partial charge in [-0.25, -0.2) is 13.6 Å². The third-order valence-corrected chi connectivity index (χ3v) is 4.34. The number of amides is 3. The van der Waals surface area contributed by atoms with Gasteiger partial charge >= 0.3 is 6.03 Å². The number of benzene rings is 1. The zero-order valence-electron chi connectivity index (χ0n) is 13.0. The minimum absolute atomic E-state index is 0.211. The second-order valence-electron chi connectivity index (χ2n) is 5.97. The summed E-state index contributed by atoms with van der Waals surface area (Å²) < 4.78 is 27.5. The van der Waals surface area contributed by atoms with Crippen LogP contribution in [0.1, 0.15) is 43.2 Å². The molecule has 126 valence electrons. The third kappa shape index (κ3) is 3.78. The van der Waals surface area contributed by atoms with Crippen molar-refractivity contribution in [3.8, 4) is 0 Å². The number of hydrogen-bond acceptors (Lipinski definition) is 2. The number of urea groups is 1. The van der Waals surface area contributed by atoms with Gasteiger partial charge in [-0.2, -0.15) is 0 Å². The molecule has 2 rings (SSSR count). The average Bonchev–Trinajstić information content (AvgIpc) is 2.52. The number of hydrogen-bond donors (Lipinski definition) is 3. The number of aryl methyl sites for hydroxylation is 1. The third-order valence-electron chi connectivity index (χ3n) is 4.34. The number of nitrogens with two attached hydrogens (primary N) is 1. The van der Waals surface area contributed by atoms with Crippen molar-refractivity contribution >= 4 is 11.9 Å². The lowest BCUT2D eigenvalue weighted by Crippen LogP contribution is -2.60. The van der Waals surface area contributed by atoms with E-state index in [0.29, 0.717) is 18.4 Å². The summed E-state index contributed by atoms with van der Waals surface area (Å²) in [6, 6.07) is 1.82. The highest BCUT2D eigenvalue weighted by Crippen LogP contribution is 2.27. The molecule has 7 heteroatoms. The highest BCUT2D eigenvalue weighted by molar-refractivity contribution is 5.90. The summed E-state index contributed by atoms with van der Waals surface area (Å²) in [7, 11) is 0. The molecule has 1 fully saturated rings. The summed E-state index contributed by atoms with van der Waals surface area (Å²) in [6.45, 7) is 1.21. The van der Waals surface area contributed by atoms with Crippen molar-refractivity contribution in [2.75, 3.05) is 0 Å². The lowest BCUT2D eigenvalue weighted by Gasteiger charge is -2.35. The fraction of sp³-hybridized carbons (Fsp3) is 0.500. The zero-order valence-corrected chi connectivity index (χ0v) is 13.0. The minimum atomic E-state index is -1.08. The molecule has 0 heterocycles. The van der Waals surface area contributed by atoms with Gasteiger partial charge in [0, 0.05) is 5.56 Å². The van der Waals surface area contributed by atoms with Crippen LogP contribution in [-0.4, -0.2) is 17.5 Å². The van der Waals surface area contributed by atoms with E-state index in [1.165, 1.54) is 13.0 Å². The van der Waals surface area contributed by atoms with Gasteiger partial charge in [0.05, 0.1) is 6.54 Å². The van der Waals surface area contributed by atoms with Crippen LogP contribution in [0.5, 0.6) is 0 Å². The number of halogens is 2. The lowest BCUT2D eigenvalue weighted by atomic mass is 9.81. The first kappa shape index (κ1) is 17.2. The first-order chi connectivity index (χ1) is 10.9. The molecule has 1 saturated carbocycles. The number of primary amides is 1. The van der Waals surface area contributed by atoms with E-state index in [-0.39, 0.29) is 12.1 Å². The molecule has 1 aromatic carbocycles. The molecule has 5 nitrogen and oxygen atoms in total. The van der Waals surface area contributed by atoms with Crippen molar-refractivity contribution in [3.05, 3.63) is 34.9 Å². The van der Waals surface area contributed by atoms with Crippen LogP contribution in [0.2, 0.25) is 0 Å². The standard InChI is InChI=1S/C16H21F2N3O2/c1-10-5-6-12(17)11(13(10)18)9-20-15(23)21-16(14(19)22)7-3-2-4-8-16/h5-6H,2-4,7-9H2,1H3,(H2,19,22)(H2,20,21,23). The molecule has 0 saturated heterocycles. The molecule has 0 aromatic heterocycles. The Labute approximate surface area is 133 Å². The van der Waals surface area contributed by atoms with Crippen LogP contribution in [0.25, 0.3) is 0 Å².